The van der Waals surface area contributed by atoms with Gasteiger partial charge in [-0.15, -0.1) is 0 Å². The van der Waals surface area contributed by atoms with Crippen LogP contribution in [0.25, 0.3) is 0 Å². The van der Waals surface area contributed by atoms with Crippen molar-refractivity contribution in [2.75, 3.05) is 19.7 Å². The molecule has 108 valence electrons. The van der Waals surface area contributed by atoms with Crippen molar-refractivity contribution in [3.05, 3.63) is 29.8 Å². The molecule has 0 saturated carbocycles. The van der Waals surface area contributed by atoms with Crippen molar-refractivity contribution in [3.63, 3.8) is 0 Å². The van der Waals surface area contributed by atoms with E-state index in [0.717, 1.165) is 12.3 Å². The van der Waals surface area contributed by atoms with Gasteiger partial charge in [0.05, 0.1) is 0 Å². The van der Waals surface area contributed by atoms with Gasteiger partial charge in [0.25, 0.3) is 0 Å². The Balaban J connectivity index is 2.17. The molecule has 0 fully saturated rings. The Kier molecular flexibility index (Phi) is 7.53. The first-order chi connectivity index (χ1) is 9.15. The highest BCUT2D eigenvalue weighted by Crippen LogP contribution is 2.11. The van der Waals surface area contributed by atoms with Crippen LogP contribution in [-0.4, -0.2) is 30.9 Å². The van der Waals surface area contributed by atoms with Gasteiger partial charge in [-0.05, 0) is 31.5 Å². The molecular formula is C16H27NO2. The summed E-state index contributed by atoms with van der Waals surface area (Å²) in [4.78, 5) is 0. The van der Waals surface area contributed by atoms with Gasteiger partial charge in [0.1, 0.15) is 18.5 Å². The predicted molar refractivity (Wildman–Crippen MR) is 79.6 cm³/mol. The van der Waals surface area contributed by atoms with Crippen molar-refractivity contribution < 1.29 is 9.84 Å². The van der Waals surface area contributed by atoms with Gasteiger partial charge < -0.3 is 15.2 Å². The van der Waals surface area contributed by atoms with E-state index in [1.54, 1.807) is 0 Å². The van der Waals surface area contributed by atoms with E-state index in [1.165, 1.54) is 18.4 Å². The summed E-state index contributed by atoms with van der Waals surface area (Å²) in [5.74, 6) is 1.51. The third-order valence-corrected chi connectivity index (χ3v) is 3.43. The Bertz CT molecular complexity index is 333. The molecule has 3 heteroatoms. The lowest BCUT2D eigenvalue weighted by atomic mass is 10.0. The summed E-state index contributed by atoms with van der Waals surface area (Å²) in [7, 11) is 0. The highest BCUT2D eigenvalue weighted by atomic mass is 16.5. The Labute approximate surface area is 117 Å². The van der Waals surface area contributed by atoms with Gasteiger partial charge in [-0.25, -0.2) is 0 Å². The van der Waals surface area contributed by atoms with Crippen LogP contribution in [0.1, 0.15) is 32.3 Å². The predicted octanol–water partition coefficient (Wildman–Crippen LogP) is 2.76. The molecule has 1 rings (SSSR count). The second-order valence-electron chi connectivity index (χ2n) is 5.12. The molecule has 0 amide bonds. The first-order valence-corrected chi connectivity index (χ1v) is 7.23. The molecular weight excluding hydrogens is 238 g/mol. The molecule has 2 N–H and O–H groups in total. The molecule has 1 unspecified atom stereocenters. The van der Waals surface area contributed by atoms with E-state index in [1.807, 2.05) is 31.2 Å². The number of rotatable bonds is 9. The fourth-order valence-corrected chi connectivity index (χ4v) is 1.92. The average Bonchev–Trinajstić information content (AvgIpc) is 2.43. The molecule has 1 aromatic rings. The molecule has 1 atom stereocenters. The minimum Gasteiger partial charge on any atom is -0.491 e. The van der Waals surface area contributed by atoms with Crippen LogP contribution in [0.4, 0.5) is 0 Å². The number of aliphatic hydroxyl groups excluding tert-OH is 1. The van der Waals surface area contributed by atoms with Crippen LogP contribution in [0, 0.1) is 12.8 Å². The summed E-state index contributed by atoms with van der Waals surface area (Å²) in [5.41, 5.74) is 1.21. The molecule has 1 aromatic carbocycles. The summed E-state index contributed by atoms with van der Waals surface area (Å²) < 4.78 is 5.54. The van der Waals surface area contributed by atoms with Gasteiger partial charge in [0, 0.05) is 6.54 Å². The second-order valence-corrected chi connectivity index (χ2v) is 5.12. The Hall–Kier alpha value is -1.06. The molecule has 0 radical (unpaired) electrons. The summed E-state index contributed by atoms with van der Waals surface area (Å²) in [6.45, 7) is 8.33. The highest BCUT2D eigenvalue weighted by molar-refractivity contribution is 5.26. The zero-order valence-electron chi connectivity index (χ0n) is 12.4. The molecule has 0 aliphatic heterocycles. The van der Waals surface area contributed by atoms with Crippen molar-refractivity contribution >= 4 is 0 Å². The van der Waals surface area contributed by atoms with Gasteiger partial charge in [-0.3, -0.25) is 0 Å². The van der Waals surface area contributed by atoms with E-state index < -0.39 is 6.10 Å². The summed E-state index contributed by atoms with van der Waals surface area (Å²) in [6.07, 6.45) is 1.90. The number of ether oxygens (including phenoxy) is 1. The van der Waals surface area contributed by atoms with E-state index in [-0.39, 0.29) is 0 Å². The Morgan fingerprint density at radius 3 is 2.32 bits per heavy atom. The maximum Gasteiger partial charge on any atom is 0.119 e. The molecule has 0 aliphatic carbocycles. The number of aryl methyl sites for hydroxylation is 1. The molecule has 0 saturated heterocycles. The number of hydrogen-bond acceptors (Lipinski definition) is 3. The largest absolute Gasteiger partial charge is 0.491 e. The van der Waals surface area contributed by atoms with Crippen LogP contribution >= 0.6 is 0 Å². The fourth-order valence-electron chi connectivity index (χ4n) is 1.92. The Morgan fingerprint density at radius 1 is 1.11 bits per heavy atom. The minimum atomic E-state index is -0.462. The van der Waals surface area contributed by atoms with Crippen LogP contribution in [-0.2, 0) is 0 Å². The average molecular weight is 265 g/mol. The van der Waals surface area contributed by atoms with Crippen molar-refractivity contribution in [3.8, 4) is 5.75 Å². The molecule has 3 nitrogen and oxygen atoms in total. The third kappa shape index (κ3) is 6.60. The van der Waals surface area contributed by atoms with Crippen molar-refractivity contribution in [1.29, 1.82) is 0 Å². The van der Waals surface area contributed by atoms with Gasteiger partial charge >= 0.3 is 0 Å². The lowest BCUT2D eigenvalue weighted by Crippen LogP contribution is -2.34. The molecule has 0 spiro atoms. The summed E-state index contributed by atoms with van der Waals surface area (Å²) in [6, 6.07) is 7.87. The first kappa shape index (κ1) is 16.0. The quantitative estimate of drug-likeness (QED) is 0.721. The first-order valence-electron chi connectivity index (χ1n) is 7.23. The van der Waals surface area contributed by atoms with Crippen molar-refractivity contribution in [1.82, 2.24) is 5.32 Å². The topological polar surface area (TPSA) is 41.5 Å². The van der Waals surface area contributed by atoms with E-state index in [9.17, 15) is 5.11 Å². The van der Waals surface area contributed by atoms with Crippen LogP contribution in [0.15, 0.2) is 24.3 Å². The highest BCUT2D eigenvalue weighted by Gasteiger charge is 2.07. The smallest absolute Gasteiger partial charge is 0.119 e. The minimum absolute atomic E-state index is 0.332. The van der Waals surface area contributed by atoms with Gasteiger partial charge in [-0.2, -0.15) is 0 Å². The molecule has 0 aromatic heterocycles. The monoisotopic (exact) mass is 265 g/mol. The van der Waals surface area contributed by atoms with Crippen LogP contribution in [0.3, 0.4) is 0 Å². The number of aliphatic hydroxyl groups is 1. The van der Waals surface area contributed by atoms with Gasteiger partial charge in [-0.1, -0.05) is 44.4 Å². The second kappa shape index (κ2) is 8.94. The maximum atomic E-state index is 9.84. The van der Waals surface area contributed by atoms with Gasteiger partial charge in [0.15, 0.2) is 0 Å². The SMILES string of the molecule is CCC(CC)CNCC(O)COc1ccc(C)cc1. The lowest BCUT2D eigenvalue weighted by molar-refractivity contribution is 0.105. The van der Waals surface area contributed by atoms with Crippen LogP contribution in [0.2, 0.25) is 0 Å². The van der Waals surface area contributed by atoms with Gasteiger partial charge in [0.2, 0.25) is 0 Å². The zero-order valence-corrected chi connectivity index (χ0v) is 12.4. The fraction of sp³-hybridized carbons (Fsp3) is 0.625. The molecule has 19 heavy (non-hydrogen) atoms. The standard InChI is InChI=1S/C16H27NO2/c1-4-14(5-2)10-17-11-15(18)12-19-16-8-6-13(3)7-9-16/h6-9,14-15,17-18H,4-5,10-12H2,1-3H3. The summed E-state index contributed by atoms with van der Waals surface area (Å²) in [5, 5.41) is 13.1. The van der Waals surface area contributed by atoms with Crippen LogP contribution < -0.4 is 10.1 Å². The summed E-state index contributed by atoms with van der Waals surface area (Å²) >= 11 is 0. The van der Waals surface area contributed by atoms with E-state index in [4.69, 9.17) is 4.74 Å². The third-order valence-electron chi connectivity index (χ3n) is 3.43. The molecule has 0 aliphatic rings. The van der Waals surface area contributed by atoms with E-state index >= 15 is 0 Å². The number of benzene rings is 1. The number of hydrogen-bond donors (Lipinski definition) is 2. The zero-order chi connectivity index (χ0) is 14.1. The van der Waals surface area contributed by atoms with Crippen molar-refractivity contribution in [2.45, 2.75) is 39.7 Å². The maximum absolute atomic E-state index is 9.84. The van der Waals surface area contributed by atoms with Crippen LogP contribution in [0.5, 0.6) is 5.75 Å². The molecule has 0 bridgehead atoms. The molecule has 0 heterocycles. The van der Waals surface area contributed by atoms with Crippen molar-refractivity contribution in [2.24, 2.45) is 5.92 Å². The van der Waals surface area contributed by atoms with E-state index in [2.05, 4.69) is 19.2 Å². The normalized spacial score (nSPS) is 12.7. The Morgan fingerprint density at radius 2 is 1.74 bits per heavy atom. The van der Waals surface area contributed by atoms with E-state index in [0.29, 0.717) is 19.1 Å². The number of nitrogens with one attached hydrogen (secondary N) is 1. The lowest BCUT2D eigenvalue weighted by Gasteiger charge is -2.16.